The van der Waals surface area contributed by atoms with E-state index in [1.165, 1.54) is 28.0 Å². The molecule has 0 radical (unpaired) electrons. The molecule has 130 valence electrons. The molecule has 0 saturated carbocycles. The van der Waals surface area contributed by atoms with E-state index in [1.54, 1.807) is 0 Å². The number of hydrogen-bond donors (Lipinski definition) is 1. The maximum Gasteiger partial charge on any atom is 0.230 e. The molecular formula is C19H21N3O2S. The molecule has 0 unspecified atom stereocenters. The minimum Gasteiger partial charge on any atom is -0.361 e. The van der Waals surface area contributed by atoms with Crippen molar-refractivity contribution < 1.29 is 9.32 Å². The molecule has 0 spiro atoms. The number of aryl methyl sites for hydroxylation is 4. The summed E-state index contributed by atoms with van der Waals surface area (Å²) >= 11 is 1.50. The standard InChI is InChI=1S/C19H21N3O2S/c1-11-5-6-15(7-12(11)2)8-16-10-20-19(25-16)21-18(23)9-17-13(3)22-24-14(17)4/h5-7,10H,8-9H2,1-4H3,(H,20,21,23). The maximum atomic E-state index is 12.2. The van der Waals surface area contributed by atoms with E-state index in [0.29, 0.717) is 10.9 Å². The Hall–Kier alpha value is -2.47. The van der Waals surface area contributed by atoms with E-state index in [9.17, 15) is 4.79 Å². The molecule has 1 N–H and O–H groups in total. The Morgan fingerprint density at radius 1 is 1.20 bits per heavy atom. The first kappa shape index (κ1) is 17.4. The van der Waals surface area contributed by atoms with Crippen molar-refractivity contribution in [3.05, 3.63) is 63.0 Å². The van der Waals surface area contributed by atoms with Crippen molar-refractivity contribution in [3.63, 3.8) is 0 Å². The second-order valence-electron chi connectivity index (χ2n) is 6.25. The van der Waals surface area contributed by atoms with Crippen molar-refractivity contribution in [1.29, 1.82) is 0 Å². The third kappa shape index (κ3) is 4.14. The first-order valence-corrected chi connectivity index (χ1v) is 8.96. The Morgan fingerprint density at radius 3 is 2.68 bits per heavy atom. The fourth-order valence-electron chi connectivity index (χ4n) is 2.64. The van der Waals surface area contributed by atoms with Gasteiger partial charge < -0.3 is 9.84 Å². The van der Waals surface area contributed by atoms with Crippen LogP contribution < -0.4 is 5.32 Å². The largest absolute Gasteiger partial charge is 0.361 e. The molecule has 0 saturated heterocycles. The van der Waals surface area contributed by atoms with Gasteiger partial charge in [-0.05, 0) is 44.4 Å². The first-order valence-electron chi connectivity index (χ1n) is 8.15. The molecule has 0 aliphatic heterocycles. The highest BCUT2D eigenvalue weighted by Gasteiger charge is 2.14. The van der Waals surface area contributed by atoms with Gasteiger partial charge in [0.25, 0.3) is 0 Å². The smallest absolute Gasteiger partial charge is 0.230 e. The Bertz CT molecular complexity index is 892. The van der Waals surface area contributed by atoms with Crippen LogP contribution in [0.5, 0.6) is 0 Å². The lowest BCUT2D eigenvalue weighted by Crippen LogP contribution is -2.14. The Balaban J connectivity index is 1.63. The fraction of sp³-hybridized carbons (Fsp3) is 0.316. The highest BCUT2D eigenvalue weighted by molar-refractivity contribution is 7.15. The van der Waals surface area contributed by atoms with Crippen LogP contribution in [-0.2, 0) is 17.6 Å². The minimum absolute atomic E-state index is 0.110. The summed E-state index contributed by atoms with van der Waals surface area (Å²) in [6.07, 6.45) is 2.89. The van der Waals surface area contributed by atoms with Crippen LogP contribution in [0.3, 0.4) is 0 Å². The monoisotopic (exact) mass is 355 g/mol. The summed E-state index contributed by atoms with van der Waals surface area (Å²) in [5.74, 6) is 0.573. The molecule has 0 atom stereocenters. The van der Waals surface area contributed by atoms with Crippen LogP contribution >= 0.6 is 11.3 Å². The van der Waals surface area contributed by atoms with Crippen LogP contribution in [0.2, 0.25) is 0 Å². The van der Waals surface area contributed by atoms with Crippen molar-refractivity contribution in [2.45, 2.75) is 40.5 Å². The number of rotatable bonds is 5. The zero-order chi connectivity index (χ0) is 18.0. The zero-order valence-electron chi connectivity index (χ0n) is 14.8. The predicted octanol–water partition coefficient (Wildman–Crippen LogP) is 4.14. The van der Waals surface area contributed by atoms with Crippen LogP contribution in [0.1, 0.15) is 38.6 Å². The molecule has 3 rings (SSSR count). The maximum absolute atomic E-state index is 12.2. The number of nitrogens with zero attached hydrogens (tertiary/aromatic N) is 2. The van der Waals surface area contributed by atoms with E-state index >= 15 is 0 Å². The lowest BCUT2D eigenvalue weighted by molar-refractivity contribution is -0.115. The molecule has 1 amide bonds. The lowest BCUT2D eigenvalue weighted by Gasteiger charge is -2.03. The molecule has 0 aliphatic carbocycles. The number of aromatic nitrogens is 2. The van der Waals surface area contributed by atoms with Crippen LogP contribution in [0.4, 0.5) is 5.13 Å². The summed E-state index contributed by atoms with van der Waals surface area (Å²) in [5, 5.41) is 7.35. The number of amides is 1. The Morgan fingerprint density at radius 2 is 2.00 bits per heavy atom. The molecule has 0 aliphatic rings. The van der Waals surface area contributed by atoms with Crippen LogP contribution in [-0.4, -0.2) is 16.0 Å². The van der Waals surface area contributed by atoms with Gasteiger partial charge in [0.2, 0.25) is 5.91 Å². The Labute approximate surface area is 151 Å². The number of anilines is 1. The van der Waals surface area contributed by atoms with Gasteiger partial charge in [0.1, 0.15) is 5.76 Å². The number of nitrogens with one attached hydrogen (secondary N) is 1. The number of benzene rings is 1. The molecule has 2 aromatic heterocycles. The molecule has 0 bridgehead atoms. The van der Waals surface area contributed by atoms with Crippen molar-refractivity contribution in [2.24, 2.45) is 0 Å². The van der Waals surface area contributed by atoms with Crippen molar-refractivity contribution >= 4 is 22.4 Å². The lowest BCUT2D eigenvalue weighted by atomic mass is 10.0. The Kier molecular flexibility index (Phi) is 4.99. The minimum atomic E-state index is -0.110. The van der Waals surface area contributed by atoms with Gasteiger partial charge in [-0.25, -0.2) is 4.98 Å². The summed E-state index contributed by atoms with van der Waals surface area (Å²) in [6.45, 7) is 7.88. The molecule has 2 heterocycles. The highest BCUT2D eigenvalue weighted by atomic mass is 32.1. The summed E-state index contributed by atoms with van der Waals surface area (Å²) < 4.78 is 5.09. The SMILES string of the molecule is Cc1ccc(Cc2cnc(NC(=O)Cc3c(C)noc3C)s2)cc1C. The summed E-state index contributed by atoms with van der Waals surface area (Å²) in [6, 6.07) is 6.47. The van der Waals surface area contributed by atoms with Crippen molar-refractivity contribution in [1.82, 2.24) is 10.1 Å². The highest BCUT2D eigenvalue weighted by Crippen LogP contribution is 2.23. The van der Waals surface area contributed by atoms with Crippen LogP contribution in [0, 0.1) is 27.7 Å². The van der Waals surface area contributed by atoms with Crippen LogP contribution in [0.25, 0.3) is 0 Å². The van der Waals surface area contributed by atoms with E-state index in [1.807, 2.05) is 20.0 Å². The number of carbonyl (C=O) groups is 1. The number of hydrogen-bond acceptors (Lipinski definition) is 5. The van der Waals surface area contributed by atoms with E-state index < -0.39 is 0 Å². The zero-order valence-corrected chi connectivity index (χ0v) is 15.7. The normalized spacial score (nSPS) is 10.9. The quantitative estimate of drug-likeness (QED) is 0.747. The average Bonchev–Trinajstić information content (AvgIpc) is 3.12. The molecule has 6 heteroatoms. The summed E-state index contributed by atoms with van der Waals surface area (Å²) in [7, 11) is 0. The summed E-state index contributed by atoms with van der Waals surface area (Å²) in [4.78, 5) is 17.7. The second kappa shape index (κ2) is 7.19. The summed E-state index contributed by atoms with van der Waals surface area (Å²) in [5.41, 5.74) is 5.42. The predicted molar refractivity (Wildman–Crippen MR) is 99.1 cm³/mol. The van der Waals surface area contributed by atoms with Crippen molar-refractivity contribution in [2.75, 3.05) is 5.32 Å². The van der Waals surface area contributed by atoms with Crippen molar-refractivity contribution in [3.8, 4) is 0 Å². The van der Waals surface area contributed by atoms with Gasteiger partial charge in [0.15, 0.2) is 5.13 Å². The third-order valence-electron chi connectivity index (χ3n) is 4.27. The molecular weight excluding hydrogens is 334 g/mol. The van der Waals surface area contributed by atoms with Gasteiger partial charge in [-0.15, -0.1) is 11.3 Å². The van der Waals surface area contributed by atoms with Gasteiger partial charge >= 0.3 is 0 Å². The average molecular weight is 355 g/mol. The van der Waals surface area contributed by atoms with E-state index in [2.05, 4.69) is 47.5 Å². The van der Waals surface area contributed by atoms with E-state index in [-0.39, 0.29) is 12.3 Å². The topological polar surface area (TPSA) is 68.0 Å². The fourth-order valence-corrected chi connectivity index (χ4v) is 3.50. The van der Waals surface area contributed by atoms with Gasteiger partial charge in [0.05, 0.1) is 12.1 Å². The second-order valence-corrected chi connectivity index (χ2v) is 7.37. The molecule has 25 heavy (non-hydrogen) atoms. The molecule has 0 fully saturated rings. The van der Waals surface area contributed by atoms with E-state index in [4.69, 9.17) is 4.52 Å². The van der Waals surface area contributed by atoms with Gasteiger partial charge in [0, 0.05) is 23.1 Å². The number of thiazole rings is 1. The van der Waals surface area contributed by atoms with Gasteiger partial charge in [-0.2, -0.15) is 0 Å². The number of carbonyl (C=O) groups excluding carboxylic acids is 1. The van der Waals surface area contributed by atoms with Crippen LogP contribution in [0.15, 0.2) is 28.9 Å². The molecule has 3 aromatic rings. The first-order chi connectivity index (χ1) is 11.9. The van der Waals surface area contributed by atoms with Gasteiger partial charge in [-0.3, -0.25) is 4.79 Å². The third-order valence-corrected chi connectivity index (χ3v) is 5.18. The van der Waals surface area contributed by atoms with Gasteiger partial charge in [-0.1, -0.05) is 23.4 Å². The molecule has 5 nitrogen and oxygen atoms in total. The molecule has 1 aromatic carbocycles. The van der Waals surface area contributed by atoms with E-state index in [0.717, 1.165) is 22.6 Å².